The van der Waals surface area contributed by atoms with Gasteiger partial charge in [0.2, 0.25) is 0 Å². The van der Waals surface area contributed by atoms with Crippen molar-refractivity contribution in [3.63, 3.8) is 0 Å². The van der Waals surface area contributed by atoms with Crippen LogP contribution in [0.4, 0.5) is 0 Å². The summed E-state index contributed by atoms with van der Waals surface area (Å²) >= 11 is 0. The first kappa shape index (κ1) is 29.5. The van der Waals surface area contributed by atoms with Crippen LogP contribution >= 0.6 is 0 Å². The molecule has 2 unspecified atom stereocenters. The van der Waals surface area contributed by atoms with Crippen LogP contribution in [0.25, 0.3) is 55.7 Å². The molecule has 0 saturated carbocycles. The molecule has 0 bridgehead atoms. The van der Waals surface area contributed by atoms with Crippen molar-refractivity contribution < 1.29 is 8.98 Å². The lowest BCUT2D eigenvalue weighted by molar-refractivity contribution is -0.543. The lowest BCUT2D eigenvalue weighted by Gasteiger charge is -2.45. The summed E-state index contributed by atoms with van der Waals surface area (Å²) in [5.41, 5.74) is 9.16. The maximum absolute atomic E-state index is 6.80. The summed E-state index contributed by atoms with van der Waals surface area (Å²) in [6, 6.07) is 31.9. The van der Waals surface area contributed by atoms with Crippen molar-refractivity contribution in [2.45, 2.75) is 45.6 Å². The fraction of sp³-hybridized carbons (Fsp3) is 0.190. The minimum atomic E-state index is -0.595. The molecule has 2 aromatic heterocycles. The van der Waals surface area contributed by atoms with Crippen LogP contribution in [0.2, 0.25) is 0 Å². The molecule has 4 heteroatoms. The van der Waals surface area contributed by atoms with Crippen molar-refractivity contribution in [1.82, 2.24) is 4.57 Å². The molecule has 3 heterocycles. The fourth-order valence-electron chi connectivity index (χ4n) is 7.32. The molecular formula is C42H40N3O+. The van der Waals surface area contributed by atoms with Gasteiger partial charge in [0.15, 0.2) is 16.6 Å². The van der Waals surface area contributed by atoms with Crippen LogP contribution in [-0.4, -0.2) is 16.8 Å². The number of fused-ring (bicyclic) bond motifs is 9. The third-order valence-corrected chi connectivity index (χ3v) is 10.2. The van der Waals surface area contributed by atoms with Crippen LogP contribution in [0.3, 0.4) is 0 Å². The molecule has 46 heavy (non-hydrogen) atoms. The monoisotopic (exact) mass is 602 g/mol. The van der Waals surface area contributed by atoms with E-state index in [2.05, 4.69) is 134 Å². The first-order chi connectivity index (χ1) is 22.2. The molecule has 228 valence electrons. The molecule has 0 fully saturated rings. The van der Waals surface area contributed by atoms with Gasteiger partial charge < -0.3 is 4.42 Å². The van der Waals surface area contributed by atoms with E-state index >= 15 is 0 Å². The summed E-state index contributed by atoms with van der Waals surface area (Å²) in [6.45, 7) is 24.1. The van der Waals surface area contributed by atoms with E-state index in [1.807, 2.05) is 19.1 Å². The van der Waals surface area contributed by atoms with E-state index in [1.54, 1.807) is 0 Å². The van der Waals surface area contributed by atoms with Crippen LogP contribution in [0.15, 0.2) is 143 Å². The zero-order valence-corrected chi connectivity index (χ0v) is 27.0. The van der Waals surface area contributed by atoms with E-state index < -0.39 is 11.0 Å². The standard InChI is InChI=1S/C42H40N3O/c1-28(2)21-22-29(3)41(5)26-25-31-23-24-34-33-17-11-14-20-37(33)46-39(34)38(31)40-44(30(4)27-42(41,6)43-7)35-18-12-13-19-36(35)45(40)32-15-9-8-10-16-32/h8-24H,1,3-4,7,25-27H2,2,5-6H3/q+1/b22-21-. The Kier molecular flexibility index (Phi) is 7.05. The summed E-state index contributed by atoms with van der Waals surface area (Å²) in [4.78, 5) is 4.89. The highest BCUT2D eigenvalue weighted by Crippen LogP contribution is 2.50. The van der Waals surface area contributed by atoms with E-state index in [0.29, 0.717) is 6.42 Å². The Balaban J connectivity index is 1.62. The number of para-hydroxylation sites is 4. The summed E-state index contributed by atoms with van der Waals surface area (Å²) in [7, 11) is 0. The molecule has 2 atom stereocenters. The first-order valence-electron chi connectivity index (χ1n) is 15.9. The molecule has 4 aromatic carbocycles. The van der Waals surface area contributed by atoms with Gasteiger partial charge in [-0.15, -0.1) is 0 Å². The van der Waals surface area contributed by atoms with E-state index in [1.165, 1.54) is 5.56 Å². The first-order valence-corrected chi connectivity index (χ1v) is 15.9. The van der Waals surface area contributed by atoms with E-state index in [0.717, 1.165) is 79.7 Å². The maximum Gasteiger partial charge on any atom is 0.304 e. The van der Waals surface area contributed by atoms with Gasteiger partial charge in [-0.25, -0.2) is 0 Å². The van der Waals surface area contributed by atoms with Crippen molar-refractivity contribution in [3.05, 3.63) is 140 Å². The number of aromatic nitrogens is 2. The van der Waals surface area contributed by atoms with Crippen LogP contribution in [0, 0.1) is 5.41 Å². The minimum Gasteiger partial charge on any atom is -0.455 e. The summed E-state index contributed by atoms with van der Waals surface area (Å²) < 4.78 is 11.5. The number of furan rings is 1. The molecule has 0 aliphatic carbocycles. The quantitative estimate of drug-likeness (QED) is 0.110. The Morgan fingerprint density at radius 1 is 0.891 bits per heavy atom. The summed E-state index contributed by atoms with van der Waals surface area (Å²) in [5.74, 6) is 1.02. The van der Waals surface area contributed by atoms with Crippen LogP contribution in [0.5, 0.6) is 0 Å². The second-order valence-corrected chi connectivity index (χ2v) is 13.1. The molecule has 0 spiro atoms. The highest BCUT2D eigenvalue weighted by molar-refractivity contribution is 6.10. The lowest BCUT2D eigenvalue weighted by atomic mass is 9.62. The smallest absolute Gasteiger partial charge is 0.304 e. The van der Waals surface area contributed by atoms with Gasteiger partial charge in [-0.05, 0) is 74.9 Å². The van der Waals surface area contributed by atoms with Gasteiger partial charge in [0, 0.05) is 22.6 Å². The molecule has 4 nitrogen and oxygen atoms in total. The van der Waals surface area contributed by atoms with Gasteiger partial charge in [0.1, 0.15) is 22.5 Å². The van der Waals surface area contributed by atoms with Crippen molar-refractivity contribution in [2.75, 3.05) is 0 Å². The van der Waals surface area contributed by atoms with E-state index in [-0.39, 0.29) is 0 Å². The zero-order valence-electron chi connectivity index (χ0n) is 27.0. The summed E-state index contributed by atoms with van der Waals surface area (Å²) in [5, 5.41) is 2.21. The van der Waals surface area contributed by atoms with Crippen LogP contribution < -0.4 is 4.57 Å². The van der Waals surface area contributed by atoms with Crippen molar-refractivity contribution in [2.24, 2.45) is 10.4 Å². The third kappa shape index (κ3) is 4.43. The predicted octanol–water partition coefficient (Wildman–Crippen LogP) is 10.4. The molecule has 0 radical (unpaired) electrons. The Hall–Kier alpha value is -5.22. The second kappa shape index (κ2) is 11.0. The molecule has 7 rings (SSSR count). The number of nitrogens with zero attached hydrogens (tertiary/aromatic N) is 3. The van der Waals surface area contributed by atoms with Gasteiger partial charge in [-0.3, -0.25) is 4.99 Å². The van der Waals surface area contributed by atoms with Crippen molar-refractivity contribution in [1.29, 1.82) is 0 Å². The Morgan fingerprint density at radius 3 is 2.37 bits per heavy atom. The van der Waals surface area contributed by atoms with Gasteiger partial charge in [-0.2, -0.15) is 9.13 Å². The average molecular weight is 603 g/mol. The normalized spacial score (nSPS) is 20.2. The number of hydrogen-bond donors (Lipinski definition) is 0. The maximum atomic E-state index is 6.80. The average Bonchev–Trinajstić information content (AvgIpc) is 3.61. The number of imidazole rings is 1. The SMILES string of the molecule is C=NC1(C)CC(=C)[n+]2c(n(-c3ccccc3)c3ccccc32)-c2c(ccc3c2oc2ccccc23)CCC1(C)C(=C)/C=C\C(=C)C. The molecule has 0 saturated heterocycles. The number of benzene rings is 4. The Labute approximate surface area is 271 Å². The predicted molar refractivity (Wildman–Crippen MR) is 194 cm³/mol. The summed E-state index contributed by atoms with van der Waals surface area (Å²) in [6.07, 6.45) is 6.31. The third-order valence-electron chi connectivity index (χ3n) is 10.2. The van der Waals surface area contributed by atoms with Crippen LogP contribution in [0.1, 0.15) is 39.2 Å². The number of aliphatic imine (C=N–C) groups is 1. The van der Waals surface area contributed by atoms with Gasteiger partial charge in [0.05, 0.1) is 5.54 Å². The zero-order chi connectivity index (χ0) is 32.2. The van der Waals surface area contributed by atoms with Crippen molar-refractivity contribution in [3.8, 4) is 17.1 Å². The van der Waals surface area contributed by atoms with Crippen LogP contribution in [-0.2, 0) is 6.42 Å². The van der Waals surface area contributed by atoms with Crippen molar-refractivity contribution >= 4 is 45.4 Å². The molecule has 0 N–H and O–H groups in total. The lowest BCUT2D eigenvalue weighted by Crippen LogP contribution is -2.47. The second-order valence-electron chi connectivity index (χ2n) is 13.1. The molecule has 0 amide bonds. The van der Waals surface area contributed by atoms with Gasteiger partial charge in [-0.1, -0.05) is 105 Å². The topological polar surface area (TPSA) is 34.3 Å². The Bertz CT molecular complexity index is 2250. The molecule has 6 aromatic rings. The van der Waals surface area contributed by atoms with E-state index in [9.17, 15) is 0 Å². The largest absolute Gasteiger partial charge is 0.455 e. The highest BCUT2D eigenvalue weighted by Gasteiger charge is 2.48. The fourth-order valence-corrected chi connectivity index (χ4v) is 7.32. The minimum absolute atomic E-state index is 0.431. The number of allylic oxidation sites excluding steroid dienone is 3. The Morgan fingerprint density at radius 2 is 1.61 bits per heavy atom. The number of rotatable bonds is 5. The highest BCUT2D eigenvalue weighted by atomic mass is 16.3. The molecular weight excluding hydrogens is 562 g/mol. The van der Waals surface area contributed by atoms with Gasteiger partial charge in [0.25, 0.3) is 0 Å². The van der Waals surface area contributed by atoms with Gasteiger partial charge >= 0.3 is 5.82 Å². The molecule has 1 aliphatic rings. The number of aryl methyl sites for hydroxylation is 1. The molecule has 1 aliphatic heterocycles. The number of hydrogen-bond acceptors (Lipinski definition) is 2. The van der Waals surface area contributed by atoms with E-state index in [4.69, 9.17) is 16.0 Å².